The summed E-state index contributed by atoms with van der Waals surface area (Å²) in [5.41, 5.74) is 6.47. The van der Waals surface area contributed by atoms with Gasteiger partial charge in [-0.1, -0.05) is 12.8 Å². The highest BCUT2D eigenvalue weighted by atomic mass is 19.1. The summed E-state index contributed by atoms with van der Waals surface area (Å²) in [4.78, 5) is 12.0. The molecule has 1 aliphatic rings. The molecule has 20 heavy (non-hydrogen) atoms. The van der Waals surface area contributed by atoms with Crippen LogP contribution in [0.3, 0.4) is 0 Å². The number of amides is 1. The Hall–Kier alpha value is -1.62. The van der Waals surface area contributed by atoms with Crippen LogP contribution in [0.25, 0.3) is 0 Å². The highest BCUT2D eigenvalue weighted by Crippen LogP contribution is 2.26. The van der Waals surface area contributed by atoms with E-state index in [1.165, 1.54) is 19.2 Å². The van der Waals surface area contributed by atoms with Crippen LogP contribution in [0.15, 0.2) is 18.2 Å². The molecule has 2 atom stereocenters. The highest BCUT2D eigenvalue weighted by molar-refractivity contribution is 5.91. The van der Waals surface area contributed by atoms with E-state index >= 15 is 0 Å². The van der Waals surface area contributed by atoms with E-state index in [9.17, 15) is 9.18 Å². The number of methoxy groups -OCH3 is 1. The number of halogens is 1. The SMILES string of the molecule is COc1ccc(NC(=O)CC2CCCCC2N)cc1F. The molecule has 1 aromatic carbocycles. The van der Waals surface area contributed by atoms with E-state index in [4.69, 9.17) is 10.5 Å². The lowest BCUT2D eigenvalue weighted by molar-refractivity contribution is -0.117. The van der Waals surface area contributed by atoms with Gasteiger partial charge in [-0.05, 0) is 30.9 Å². The van der Waals surface area contributed by atoms with Crippen LogP contribution in [-0.2, 0) is 4.79 Å². The molecule has 1 fully saturated rings. The van der Waals surface area contributed by atoms with Crippen LogP contribution < -0.4 is 15.8 Å². The van der Waals surface area contributed by atoms with Gasteiger partial charge in [0.1, 0.15) is 0 Å². The molecular weight excluding hydrogens is 259 g/mol. The topological polar surface area (TPSA) is 64.3 Å². The monoisotopic (exact) mass is 280 g/mol. The average molecular weight is 280 g/mol. The third-order valence-electron chi connectivity index (χ3n) is 3.85. The van der Waals surface area contributed by atoms with Crippen molar-refractivity contribution >= 4 is 11.6 Å². The van der Waals surface area contributed by atoms with E-state index in [1.807, 2.05) is 0 Å². The molecule has 0 aromatic heterocycles. The molecule has 0 bridgehead atoms. The quantitative estimate of drug-likeness (QED) is 0.891. The zero-order valence-electron chi connectivity index (χ0n) is 11.7. The van der Waals surface area contributed by atoms with Crippen molar-refractivity contribution in [2.24, 2.45) is 11.7 Å². The minimum atomic E-state index is -0.486. The molecule has 0 heterocycles. The van der Waals surface area contributed by atoms with Crippen LogP contribution >= 0.6 is 0 Å². The lowest BCUT2D eigenvalue weighted by Crippen LogP contribution is -2.35. The summed E-state index contributed by atoms with van der Waals surface area (Å²) in [5.74, 6) is -0.208. The molecule has 1 aromatic rings. The van der Waals surface area contributed by atoms with Crippen molar-refractivity contribution in [2.45, 2.75) is 38.1 Å². The maximum atomic E-state index is 13.5. The summed E-state index contributed by atoms with van der Waals surface area (Å²) in [6, 6.07) is 4.48. The van der Waals surface area contributed by atoms with Crippen LogP contribution in [-0.4, -0.2) is 19.1 Å². The summed E-state index contributed by atoms with van der Waals surface area (Å²) >= 11 is 0. The van der Waals surface area contributed by atoms with Crippen molar-refractivity contribution in [1.29, 1.82) is 0 Å². The molecular formula is C15H21FN2O2. The lowest BCUT2D eigenvalue weighted by Gasteiger charge is -2.27. The number of carbonyl (C=O) groups excluding carboxylic acids is 1. The van der Waals surface area contributed by atoms with Gasteiger partial charge in [0.05, 0.1) is 7.11 Å². The molecule has 5 heteroatoms. The van der Waals surface area contributed by atoms with E-state index in [2.05, 4.69) is 5.32 Å². The Morgan fingerprint density at radius 1 is 1.45 bits per heavy atom. The zero-order valence-corrected chi connectivity index (χ0v) is 11.7. The number of rotatable bonds is 4. The number of ether oxygens (including phenoxy) is 1. The standard InChI is InChI=1S/C15H21FN2O2/c1-20-14-7-6-11(9-12(14)16)18-15(19)8-10-4-2-3-5-13(10)17/h6-7,9-10,13H,2-5,8,17H2,1H3,(H,18,19). The van der Waals surface area contributed by atoms with Gasteiger partial charge in [-0.15, -0.1) is 0 Å². The molecule has 1 saturated carbocycles. The Morgan fingerprint density at radius 3 is 2.85 bits per heavy atom. The molecule has 0 saturated heterocycles. The van der Waals surface area contributed by atoms with E-state index in [1.54, 1.807) is 6.07 Å². The minimum Gasteiger partial charge on any atom is -0.494 e. The molecule has 3 N–H and O–H groups in total. The number of nitrogens with two attached hydrogens (primary N) is 1. The van der Waals surface area contributed by atoms with Crippen molar-refractivity contribution in [1.82, 2.24) is 0 Å². The van der Waals surface area contributed by atoms with Crippen LogP contribution in [0, 0.1) is 11.7 Å². The summed E-state index contributed by atoms with van der Waals surface area (Å²) < 4.78 is 18.4. The van der Waals surface area contributed by atoms with Gasteiger partial charge in [0.2, 0.25) is 5.91 Å². The maximum Gasteiger partial charge on any atom is 0.224 e. The fourth-order valence-electron chi connectivity index (χ4n) is 2.68. The predicted octanol–water partition coefficient (Wildman–Crippen LogP) is 2.68. The van der Waals surface area contributed by atoms with Gasteiger partial charge >= 0.3 is 0 Å². The largest absolute Gasteiger partial charge is 0.494 e. The Labute approximate surface area is 118 Å². The van der Waals surface area contributed by atoms with E-state index in [-0.39, 0.29) is 23.6 Å². The van der Waals surface area contributed by atoms with Crippen LogP contribution in [0.2, 0.25) is 0 Å². The van der Waals surface area contributed by atoms with Crippen LogP contribution in [0.5, 0.6) is 5.75 Å². The second-order valence-corrected chi connectivity index (χ2v) is 5.31. The first-order chi connectivity index (χ1) is 9.60. The highest BCUT2D eigenvalue weighted by Gasteiger charge is 2.24. The Bertz CT molecular complexity index is 479. The van der Waals surface area contributed by atoms with Crippen molar-refractivity contribution in [3.63, 3.8) is 0 Å². The molecule has 0 spiro atoms. The first kappa shape index (κ1) is 14.8. The molecule has 2 rings (SSSR count). The minimum absolute atomic E-state index is 0.0992. The summed E-state index contributed by atoms with van der Waals surface area (Å²) in [5, 5.41) is 2.71. The molecule has 0 aliphatic heterocycles. The fourth-order valence-corrected chi connectivity index (χ4v) is 2.68. The Morgan fingerprint density at radius 2 is 2.20 bits per heavy atom. The molecule has 0 radical (unpaired) electrons. The maximum absolute atomic E-state index is 13.5. The molecule has 1 aliphatic carbocycles. The molecule has 2 unspecified atom stereocenters. The summed E-state index contributed by atoms with van der Waals surface area (Å²) in [6.07, 6.45) is 4.64. The second-order valence-electron chi connectivity index (χ2n) is 5.31. The fraction of sp³-hybridized carbons (Fsp3) is 0.533. The van der Waals surface area contributed by atoms with E-state index in [0.717, 1.165) is 25.7 Å². The second kappa shape index (κ2) is 6.70. The van der Waals surface area contributed by atoms with Crippen LogP contribution in [0.1, 0.15) is 32.1 Å². The third-order valence-corrected chi connectivity index (χ3v) is 3.85. The Kier molecular flexibility index (Phi) is 4.95. The van der Waals surface area contributed by atoms with Gasteiger partial charge in [-0.2, -0.15) is 0 Å². The number of hydrogen-bond acceptors (Lipinski definition) is 3. The van der Waals surface area contributed by atoms with Gasteiger partial charge in [0.25, 0.3) is 0 Å². The first-order valence-corrected chi connectivity index (χ1v) is 6.99. The number of carbonyl (C=O) groups is 1. The summed E-state index contributed by atoms with van der Waals surface area (Å²) in [7, 11) is 1.40. The van der Waals surface area contributed by atoms with Crippen molar-refractivity contribution < 1.29 is 13.9 Å². The summed E-state index contributed by atoms with van der Waals surface area (Å²) in [6.45, 7) is 0. The molecule has 1 amide bonds. The number of nitrogens with one attached hydrogen (secondary N) is 1. The van der Waals surface area contributed by atoms with Crippen molar-refractivity contribution in [3.05, 3.63) is 24.0 Å². The van der Waals surface area contributed by atoms with E-state index in [0.29, 0.717) is 12.1 Å². The predicted molar refractivity (Wildman–Crippen MR) is 76.1 cm³/mol. The smallest absolute Gasteiger partial charge is 0.224 e. The van der Waals surface area contributed by atoms with Gasteiger partial charge in [0, 0.05) is 24.2 Å². The van der Waals surface area contributed by atoms with Crippen LogP contribution in [0.4, 0.5) is 10.1 Å². The lowest BCUT2D eigenvalue weighted by atomic mass is 9.83. The normalized spacial score (nSPS) is 22.4. The first-order valence-electron chi connectivity index (χ1n) is 6.99. The van der Waals surface area contributed by atoms with Gasteiger partial charge in [0.15, 0.2) is 11.6 Å². The Balaban J connectivity index is 1.92. The number of benzene rings is 1. The van der Waals surface area contributed by atoms with Crippen molar-refractivity contribution in [3.8, 4) is 5.75 Å². The third kappa shape index (κ3) is 3.70. The number of hydrogen-bond donors (Lipinski definition) is 2. The molecule has 110 valence electrons. The van der Waals surface area contributed by atoms with Gasteiger partial charge in [-0.3, -0.25) is 4.79 Å². The average Bonchev–Trinajstić information content (AvgIpc) is 2.41. The van der Waals surface area contributed by atoms with Gasteiger partial charge in [-0.25, -0.2) is 4.39 Å². The van der Waals surface area contributed by atoms with Gasteiger partial charge < -0.3 is 15.8 Å². The molecule has 4 nitrogen and oxygen atoms in total. The number of anilines is 1. The van der Waals surface area contributed by atoms with E-state index < -0.39 is 5.82 Å². The zero-order chi connectivity index (χ0) is 14.5. The van der Waals surface area contributed by atoms with Crippen molar-refractivity contribution in [2.75, 3.05) is 12.4 Å².